The minimum Gasteiger partial charge on any atom is -0.374 e. The van der Waals surface area contributed by atoms with E-state index in [9.17, 15) is 4.79 Å². The third kappa shape index (κ3) is 4.40. The van der Waals surface area contributed by atoms with E-state index >= 15 is 0 Å². The van der Waals surface area contributed by atoms with Gasteiger partial charge in [0.2, 0.25) is 0 Å². The number of carbonyl (C=O) groups is 1. The lowest BCUT2D eigenvalue weighted by atomic mass is 10.1. The topological polar surface area (TPSA) is 72.3 Å². The van der Waals surface area contributed by atoms with E-state index in [-0.39, 0.29) is 18.1 Å². The number of morpholine rings is 1. The van der Waals surface area contributed by atoms with Crippen LogP contribution in [-0.2, 0) is 4.74 Å². The number of amides is 1. The molecular formula is C19H29N5O2. The second-order valence-corrected chi connectivity index (χ2v) is 7.68. The molecule has 2 aromatic heterocycles. The van der Waals surface area contributed by atoms with E-state index in [1.807, 2.05) is 10.7 Å². The van der Waals surface area contributed by atoms with Crippen LogP contribution in [0.3, 0.4) is 0 Å². The molecule has 0 aliphatic carbocycles. The van der Waals surface area contributed by atoms with Gasteiger partial charge in [0.1, 0.15) is 0 Å². The highest BCUT2D eigenvalue weighted by atomic mass is 16.5. The summed E-state index contributed by atoms with van der Waals surface area (Å²) in [6, 6.07) is 2.08. The fraction of sp³-hybridized carbons (Fsp3) is 0.632. The van der Waals surface area contributed by atoms with Gasteiger partial charge in [0, 0.05) is 43.8 Å². The number of nitrogens with one attached hydrogen (secondary N) is 1. The smallest absolute Gasteiger partial charge is 0.252 e. The third-order valence-corrected chi connectivity index (χ3v) is 4.52. The summed E-state index contributed by atoms with van der Waals surface area (Å²) in [7, 11) is 0. The van der Waals surface area contributed by atoms with Crippen LogP contribution in [0.25, 0.3) is 11.0 Å². The average Bonchev–Trinajstić information content (AvgIpc) is 3.02. The minimum atomic E-state index is -0.124. The zero-order valence-corrected chi connectivity index (χ0v) is 16.1. The van der Waals surface area contributed by atoms with Gasteiger partial charge >= 0.3 is 0 Å². The van der Waals surface area contributed by atoms with Crippen LogP contribution in [0.15, 0.2) is 18.5 Å². The van der Waals surface area contributed by atoms with E-state index in [0.29, 0.717) is 18.0 Å². The molecule has 1 atom stereocenters. The zero-order valence-electron chi connectivity index (χ0n) is 16.1. The van der Waals surface area contributed by atoms with E-state index in [2.05, 4.69) is 48.0 Å². The predicted molar refractivity (Wildman–Crippen MR) is 101 cm³/mol. The molecule has 1 fully saturated rings. The van der Waals surface area contributed by atoms with Gasteiger partial charge in [0.05, 0.1) is 24.5 Å². The SMILES string of the molecule is CC(C)CN1CCOC(CNC(=O)c2cnc3c(cnn3C(C)C)c2)C1. The summed E-state index contributed by atoms with van der Waals surface area (Å²) >= 11 is 0. The van der Waals surface area contributed by atoms with Crippen LogP contribution in [-0.4, -0.2) is 64.5 Å². The first-order chi connectivity index (χ1) is 12.4. The number of rotatable bonds is 6. The molecule has 0 bridgehead atoms. The molecule has 0 spiro atoms. The van der Waals surface area contributed by atoms with E-state index in [4.69, 9.17) is 4.74 Å². The molecule has 3 heterocycles. The van der Waals surface area contributed by atoms with Gasteiger partial charge < -0.3 is 10.1 Å². The molecule has 142 valence electrons. The first-order valence-corrected chi connectivity index (χ1v) is 9.39. The van der Waals surface area contributed by atoms with Crippen molar-refractivity contribution in [2.45, 2.75) is 39.8 Å². The van der Waals surface area contributed by atoms with Gasteiger partial charge in [-0.3, -0.25) is 9.69 Å². The second-order valence-electron chi connectivity index (χ2n) is 7.68. The molecule has 0 radical (unpaired) electrons. The molecule has 0 saturated carbocycles. The summed E-state index contributed by atoms with van der Waals surface area (Å²) in [6.07, 6.45) is 3.41. The molecular weight excluding hydrogens is 330 g/mol. The monoisotopic (exact) mass is 359 g/mol. The van der Waals surface area contributed by atoms with Crippen molar-refractivity contribution in [3.63, 3.8) is 0 Å². The number of hydrogen-bond acceptors (Lipinski definition) is 5. The molecule has 2 aromatic rings. The van der Waals surface area contributed by atoms with E-state index in [0.717, 1.165) is 37.3 Å². The lowest BCUT2D eigenvalue weighted by Crippen LogP contribution is -2.48. The van der Waals surface area contributed by atoms with Gasteiger partial charge in [-0.05, 0) is 25.8 Å². The maximum absolute atomic E-state index is 12.5. The predicted octanol–water partition coefficient (Wildman–Crippen LogP) is 2.10. The molecule has 1 aliphatic heterocycles. The normalized spacial score (nSPS) is 18.8. The Morgan fingerprint density at radius 2 is 2.15 bits per heavy atom. The van der Waals surface area contributed by atoms with Crippen LogP contribution >= 0.6 is 0 Å². The summed E-state index contributed by atoms with van der Waals surface area (Å²) in [4.78, 5) is 19.3. The van der Waals surface area contributed by atoms with Crippen molar-refractivity contribution in [2.75, 3.05) is 32.8 Å². The van der Waals surface area contributed by atoms with Crippen molar-refractivity contribution in [3.05, 3.63) is 24.0 Å². The van der Waals surface area contributed by atoms with Crippen molar-refractivity contribution in [1.82, 2.24) is 25.0 Å². The quantitative estimate of drug-likeness (QED) is 0.855. The largest absolute Gasteiger partial charge is 0.374 e. The number of carbonyl (C=O) groups excluding carboxylic acids is 1. The molecule has 1 amide bonds. The van der Waals surface area contributed by atoms with Crippen LogP contribution in [0.2, 0.25) is 0 Å². The highest BCUT2D eigenvalue weighted by Gasteiger charge is 2.22. The van der Waals surface area contributed by atoms with Crippen LogP contribution in [0, 0.1) is 5.92 Å². The molecule has 0 aromatic carbocycles. The standard InChI is InChI=1S/C19H29N5O2/c1-13(2)11-23-5-6-26-17(12-23)10-21-19(25)16-7-15-9-22-24(14(3)4)18(15)20-8-16/h7-9,13-14,17H,5-6,10-12H2,1-4H3,(H,21,25). The molecule has 7 heteroatoms. The minimum absolute atomic E-state index is 0.0341. The van der Waals surface area contributed by atoms with E-state index in [1.165, 1.54) is 0 Å². The maximum Gasteiger partial charge on any atom is 0.252 e. The number of ether oxygens (including phenoxy) is 1. The molecule has 1 unspecified atom stereocenters. The number of hydrogen-bond donors (Lipinski definition) is 1. The van der Waals surface area contributed by atoms with Crippen molar-refractivity contribution in [2.24, 2.45) is 5.92 Å². The fourth-order valence-electron chi connectivity index (χ4n) is 3.34. The summed E-state index contributed by atoms with van der Waals surface area (Å²) in [5, 5.41) is 8.20. The number of aromatic nitrogens is 3. The van der Waals surface area contributed by atoms with Crippen molar-refractivity contribution >= 4 is 16.9 Å². The fourth-order valence-corrected chi connectivity index (χ4v) is 3.34. The molecule has 1 N–H and O–H groups in total. The Morgan fingerprint density at radius 3 is 2.88 bits per heavy atom. The summed E-state index contributed by atoms with van der Waals surface area (Å²) in [6.45, 7) is 12.7. The Morgan fingerprint density at radius 1 is 1.35 bits per heavy atom. The van der Waals surface area contributed by atoms with Crippen LogP contribution < -0.4 is 5.32 Å². The Hall–Kier alpha value is -1.99. The lowest BCUT2D eigenvalue weighted by Gasteiger charge is -2.33. The van der Waals surface area contributed by atoms with Crippen molar-refractivity contribution in [1.29, 1.82) is 0 Å². The Balaban J connectivity index is 1.59. The second kappa shape index (κ2) is 8.14. The Labute approximate surface area is 154 Å². The summed E-state index contributed by atoms with van der Waals surface area (Å²) in [5.74, 6) is 0.508. The van der Waals surface area contributed by atoms with Gasteiger partial charge in [-0.15, -0.1) is 0 Å². The number of nitrogens with zero attached hydrogens (tertiary/aromatic N) is 4. The zero-order chi connectivity index (χ0) is 18.7. The first-order valence-electron chi connectivity index (χ1n) is 9.39. The van der Waals surface area contributed by atoms with Crippen molar-refractivity contribution < 1.29 is 9.53 Å². The van der Waals surface area contributed by atoms with Gasteiger partial charge in [0.15, 0.2) is 5.65 Å². The number of fused-ring (bicyclic) bond motifs is 1. The summed E-state index contributed by atoms with van der Waals surface area (Å²) in [5.41, 5.74) is 1.35. The van der Waals surface area contributed by atoms with Gasteiger partial charge in [0.25, 0.3) is 5.91 Å². The van der Waals surface area contributed by atoms with Gasteiger partial charge in [-0.2, -0.15) is 5.10 Å². The Bertz CT molecular complexity index is 755. The first kappa shape index (κ1) is 18.8. The lowest BCUT2D eigenvalue weighted by molar-refractivity contribution is -0.0295. The maximum atomic E-state index is 12.5. The highest BCUT2D eigenvalue weighted by molar-refractivity contribution is 5.96. The third-order valence-electron chi connectivity index (χ3n) is 4.52. The van der Waals surface area contributed by atoms with Gasteiger partial charge in [-0.25, -0.2) is 9.67 Å². The highest BCUT2D eigenvalue weighted by Crippen LogP contribution is 2.16. The summed E-state index contributed by atoms with van der Waals surface area (Å²) < 4.78 is 7.65. The molecule has 3 rings (SSSR count). The number of pyridine rings is 1. The molecule has 26 heavy (non-hydrogen) atoms. The molecule has 7 nitrogen and oxygen atoms in total. The molecule has 1 saturated heterocycles. The van der Waals surface area contributed by atoms with Crippen LogP contribution in [0.1, 0.15) is 44.1 Å². The Kier molecular flexibility index (Phi) is 5.88. The van der Waals surface area contributed by atoms with Crippen LogP contribution in [0.4, 0.5) is 0 Å². The average molecular weight is 359 g/mol. The van der Waals surface area contributed by atoms with Gasteiger partial charge in [-0.1, -0.05) is 13.8 Å². The van der Waals surface area contributed by atoms with E-state index < -0.39 is 0 Å². The van der Waals surface area contributed by atoms with Crippen LogP contribution in [0.5, 0.6) is 0 Å². The van der Waals surface area contributed by atoms with Crippen molar-refractivity contribution in [3.8, 4) is 0 Å². The van der Waals surface area contributed by atoms with E-state index in [1.54, 1.807) is 12.4 Å². The molecule has 1 aliphatic rings.